The molecule has 2 rings (SSSR count). The summed E-state index contributed by atoms with van der Waals surface area (Å²) in [6.45, 7) is 0.216. The van der Waals surface area contributed by atoms with Crippen LogP contribution >= 0.6 is 0 Å². The second kappa shape index (κ2) is 5.13. The molecule has 94 valence electrons. The number of halogens is 2. The molecule has 1 fully saturated rings. The van der Waals surface area contributed by atoms with Crippen LogP contribution in [0.2, 0.25) is 0 Å². The third-order valence-electron chi connectivity index (χ3n) is 2.89. The Labute approximate surface area is 104 Å². The van der Waals surface area contributed by atoms with Crippen LogP contribution in [0.3, 0.4) is 0 Å². The zero-order valence-electron chi connectivity index (χ0n) is 9.70. The number of nitriles is 1. The molecule has 0 saturated heterocycles. The quantitative estimate of drug-likeness (QED) is 0.824. The van der Waals surface area contributed by atoms with E-state index in [-0.39, 0.29) is 19.0 Å². The summed E-state index contributed by atoms with van der Waals surface area (Å²) >= 11 is 0. The minimum atomic E-state index is -0.859. The first kappa shape index (κ1) is 12.5. The Balaban J connectivity index is 2.25. The lowest BCUT2D eigenvalue weighted by Crippen LogP contribution is -2.35. The van der Waals surface area contributed by atoms with E-state index in [0.29, 0.717) is 0 Å². The fraction of sp³-hybridized carbons (Fsp3) is 0.385. The first-order valence-electron chi connectivity index (χ1n) is 5.77. The second-order valence-corrected chi connectivity index (χ2v) is 4.23. The summed E-state index contributed by atoms with van der Waals surface area (Å²) < 4.78 is 27.0. The summed E-state index contributed by atoms with van der Waals surface area (Å²) in [6, 6.07) is 5.30. The minimum absolute atomic E-state index is 0.0184. The number of carbonyl (C=O) groups is 1. The summed E-state index contributed by atoms with van der Waals surface area (Å²) in [5, 5.41) is 8.54. The minimum Gasteiger partial charge on any atom is -0.334 e. The molecule has 0 heterocycles. The number of hydrogen-bond acceptors (Lipinski definition) is 2. The van der Waals surface area contributed by atoms with Gasteiger partial charge in [0.25, 0.3) is 5.91 Å². The lowest BCUT2D eigenvalue weighted by atomic mass is 10.1. The van der Waals surface area contributed by atoms with E-state index in [9.17, 15) is 13.6 Å². The molecule has 0 aromatic heterocycles. The van der Waals surface area contributed by atoms with Crippen molar-refractivity contribution in [3.8, 4) is 6.07 Å². The van der Waals surface area contributed by atoms with Crippen molar-refractivity contribution in [2.24, 2.45) is 0 Å². The summed E-state index contributed by atoms with van der Waals surface area (Å²) in [7, 11) is 0. The van der Waals surface area contributed by atoms with E-state index in [2.05, 4.69) is 0 Å². The molecule has 1 aromatic carbocycles. The number of carbonyl (C=O) groups excluding carboxylic acids is 1. The summed E-state index contributed by atoms with van der Waals surface area (Å²) in [4.78, 5) is 13.5. The van der Waals surface area contributed by atoms with Gasteiger partial charge in [-0.05, 0) is 25.0 Å². The Bertz CT molecular complexity index is 486. The molecule has 0 aliphatic heterocycles. The molecule has 1 aliphatic carbocycles. The van der Waals surface area contributed by atoms with Gasteiger partial charge in [0, 0.05) is 12.6 Å². The summed E-state index contributed by atoms with van der Waals surface area (Å²) in [5.74, 6) is -2.38. The Morgan fingerprint density at radius 1 is 1.39 bits per heavy atom. The highest BCUT2D eigenvalue weighted by atomic mass is 19.1. The molecule has 0 unspecified atom stereocenters. The van der Waals surface area contributed by atoms with Gasteiger partial charge in [0.05, 0.1) is 12.5 Å². The van der Waals surface area contributed by atoms with Gasteiger partial charge < -0.3 is 4.90 Å². The van der Waals surface area contributed by atoms with Crippen LogP contribution in [0.15, 0.2) is 18.2 Å². The molecule has 1 amide bonds. The molecule has 0 N–H and O–H groups in total. The van der Waals surface area contributed by atoms with Crippen LogP contribution in [0.5, 0.6) is 0 Å². The predicted octanol–water partition coefficient (Wildman–Crippen LogP) is 2.48. The van der Waals surface area contributed by atoms with Crippen LogP contribution in [0.4, 0.5) is 8.78 Å². The van der Waals surface area contributed by atoms with Gasteiger partial charge in [-0.2, -0.15) is 5.26 Å². The maximum atomic E-state index is 13.5. The molecular weight excluding hydrogens is 238 g/mol. The van der Waals surface area contributed by atoms with E-state index < -0.39 is 23.1 Å². The first-order chi connectivity index (χ1) is 8.65. The van der Waals surface area contributed by atoms with E-state index in [1.807, 2.05) is 6.07 Å². The van der Waals surface area contributed by atoms with Crippen LogP contribution in [0, 0.1) is 23.0 Å². The van der Waals surface area contributed by atoms with Gasteiger partial charge in [0.2, 0.25) is 0 Å². The van der Waals surface area contributed by atoms with Crippen molar-refractivity contribution in [2.75, 3.05) is 6.54 Å². The van der Waals surface area contributed by atoms with Crippen LogP contribution in [0.25, 0.3) is 0 Å². The van der Waals surface area contributed by atoms with Gasteiger partial charge >= 0.3 is 0 Å². The van der Waals surface area contributed by atoms with Crippen molar-refractivity contribution in [3.63, 3.8) is 0 Å². The third kappa shape index (κ3) is 2.48. The van der Waals surface area contributed by atoms with Crippen molar-refractivity contribution < 1.29 is 13.6 Å². The fourth-order valence-electron chi connectivity index (χ4n) is 1.85. The van der Waals surface area contributed by atoms with Gasteiger partial charge in [0.1, 0.15) is 17.2 Å². The number of amides is 1. The molecular formula is C13H12F2N2O. The maximum Gasteiger partial charge on any atom is 0.260 e. The van der Waals surface area contributed by atoms with E-state index in [1.165, 1.54) is 11.0 Å². The number of rotatable bonds is 4. The molecule has 0 radical (unpaired) electrons. The molecule has 3 nitrogen and oxygen atoms in total. The zero-order chi connectivity index (χ0) is 13.1. The molecule has 1 saturated carbocycles. The monoisotopic (exact) mass is 250 g/mol. The Morgan fingerprint density at radius 2 is 2.00 bits per heavy atom. The van der Waals surface area contributed by atoms with Crippen molar-refractivity contribution in [1.29, 1.82) is 5.26 Å². The van der Waals surface area contributed by atoms with E-state index in [0.717, 1.165) is 25.0 Å². The highest BCUT2D eigenvalue weighted by molar-refractivity contribution is 5.95. The number of benzene rings is 1. The molecule has 1 aliphatic rings. The Kier molecular flexibility index (Phi) is 3.56. The summed E-state index contributed by atoms with van der Waals surface area (Å²) in [6.07, 6.45) is 1.82. The lowest BCUT2D eigenvalue weighted by molar-refractivity contribution is 0.0737. The van der Waals surface area contributed by atoms with Gasteiger partial charge in [-0.3, -0.25) is 4.79 Å². The van der Waals surface area contributed by atoms with Crippen molar-refractivity contribution >= 4 is 5.91 Å². The average molecular weight is 250 g/mol. The molecule has 1 aromatic rings. The molecule has 18 heavy (non-hydrogen) atoms. The van der Waals surface area contributed by atoms with E-state index in [1.54, 1.807) is 0 Å². The van der Waals surface area contributed by atoms with Gasteiger partial charge in [0.15, 0.2) is 0 Å². The standard InChI is InChI=1S/C13H12F2N2O/c14-10-3-1-4-11(15)12(10)13(18)17(8-2-7-16)9-5-6-9/h1,3-4,9H,2,5-6,8H2. The Hall–Kier alpha value is -1.96. The highest BCUT2D eigenvalue weighted by Crippen LogP contribution is 2.29. The maximum absolute atomic E-state index is 13.5. The van der Waals surface area contributed by atoms with Gasteiger partial charge in [-0.1, -0.05) is 6.07 Å². The fourth-order valence-corrected chi connectivity index (χ4v) is 1.85. The predicted molar refractivity (Wildman–Crippen MR) is 60.6 cm³/mol. The van der Waals surface area contributed by atoms with Crippen molar-refractivity contribution in [1.82, 2.24) is 4.90 Å². The smallest absolute Gasteiger partial charge is 0.260 e. The van der Waals surface area contributed by atoms with Crippen LogP contribution in [-0.4, -0.2) is 23.4 Å². The molecule has 5 heteroatoms. The third-order valence-corrected chi connectivity index (χ3v) is 2.89. The van der Waals surface area contributed by atoms with Crippen LogP contribution in [0.1, 0.15) is 29.6 Å². The lowest BCUT2D eigenvalue weighted by Gasteiger charge is -2.21. The van der Waals surface area contributed by atoms with Crippen molar-refractivity contribution in [2.45, 2.75) is 25.3 Å². The molecule has 0 atom stereocenters. The van der Waals surface area contributed by atoms with E-state index in [4.69, 9.17) is 5.26 Å². The normalized spacial score (nSPS) is 14.1. The van der Waals surface area contributed by atoms with Crippen LogP contribution < -0.4 is 0 Å². The topological polar surface area (TPSA) is 44.1 Å². The van der Waals surface area contributed by atoms with Gasteiger partial charge in [-0.15, -0.1) is 0 Å². The molecule has 0 bridgehead atoms. The zero-order valence-corrected chi connectivity index (χ0v) is 9.70. The SMILES string of the molecule is N#CCCN(C(=O)c1c(F)cccc1F)C1CC1. The highest BCUT2D eigenvalue weighted by Gasteiger charge is 2.34. The first-order valence-corrected chi connectivity index (χ1v) is 5.77. The molecule has 0 spiro atoms. The number of hydrogen-bond donors (Lipinski definition) is 0. The van der Waals surface area contributed by atoms with E-state index >= 15 is 0 Å². The van der Waals surface area contributed by atoms with Crippen LogP contribution in [-0.2, 0) is 0 Å². The largest absolute Gasteiger partial charge is 0.334 e. The van der Waals surface area contributed by atoms with Gasteiger partial charge in [-0.25, -0.2) is 8.78 Å². The average Bonchev–Trinajstić information content (AvgIpc) is 3.14. The Morgan fingerprint density at radius 3 is 2.50 bits per heavy atom. The summed E-state index contributed by atoms with van der Waals surface area (Å²) in [5.41, 5.74) is -0.526. The second-order valence-electron chi connectivity index (χ2n) is 4.23. The number of nitrogens with zero attached hydrogens (tertiary/aromatic N) is 2. The van der Waals surface area contributed by atoms with Crippen molar-refractivity contribution in [3.05, 3.63) is 35.4 Å².